The Balaban J connectivity index is 2.49. The van der Waals surface area contributed by atoms with Gasteiger partial charge in [0.15, 0.2) is 0 Å². The second-order valence-electron chi connectivity index (χ2n) is 4.71. The Bertz CT molecular complexity index is 491. The molecule has 1 unspecified atom stereocenters. The highest BCUT2D eigenvalue weighted by Crippen LogP contribution is 2.42. The van der Waals surface area contributed by atoms with Crippen LogP contribution in [0.15, 0.2) is 18.2 Å². The lowest BCUT2D eigenvalue weighted by Gasteiger charge is -2.29. The number of ether oxygens (including phenoxy) is 3. The summed E-state index contributed by atoms with van der Waals surface area (Å²) in [4.78, 5) is 2.56. The maximum Gasteiger partial charge on any atom is 0.133 e. The van der Waals surface area contributed by atoms with E-state index in [0.29, 0.717) is 4.95 Å². The molecule has 0 saturated carbocycles. The molecule has 2 rings (SSSR count). The third-order valence-electron chi connectivity index (χ3n) is 3.53. The Morgan fingerprint density at radius 2 is 1.70 bits per heavy atom. The van der Waals surface area contributed by atoms with Gasteiger partial charge in [-0.15, -0.1) is 0 Å². The Labute approximate surface area is 128 Å². The van der Waals surface area contributed by atoms with Gasteiger partial charge >= 0.3 is 0 Å². The first-order valence-electron chi connectivity index (χ1n) is 6.44. The van der Waals surface area contributed by atoms with Crippen molar-refractivity contribution in [3.05, 3.63) is 23.8 Å². The van der Waals surface area contributed by atoms with Crippen LogP contribution in [0.2, 0.25) is 0 Å². The van der Waals surface area contributed by atoms with E-state index < -0.39 is 0 Å². The highest BCUT2D eigenvalue weighted by atomic mass is 79.9. The maximum atomic E-state index is 5.52. The molecule has 1 aliphatic rings. The average Bonchev–Trinajstić information content (AvgIpc) is 2.48. The van der Waals surface area contributed by atoms with E-state index >= 15 is 0 Å². The van der Waals surface area contributed by atoms with Crippen LogP contribution in [0, 0.1) is 0 Å². The summed E-state index contributed by atoms with van der Waals surface area (Å²) in [6, 6.07) is 3.78. The number of hydrogen-bond donors (Lipinski definition) is 0. The molecule has 0 aromatic heterocycles. The summed E-state index contributed by atoms with van der Waals surface area (Å²) >= 11 is 3.69. The Morgan fingerprint density at radius 1 is 1.10 bits per heavy atom. The standard InChI is InChI=1S/C15H20BrNO3/c1-17-6-5-10(7-14(17)16)15-12(19-3)8-11(18-2)9-13(15)20-4/h5,8-9,14H,6-7H2,1-4H3. The van der Waals surface area contributed by atoms with E-state index in [-0.39, 0.29) is 0 Å². The van der Waals surface area contributed by atoms with E-state index in [1.165, 1.54) is 5.57 Å². The summed E-state index contributed by atoms with van der Waals surface area (Å²) in [7, 11) is 7.06. The molecular weight excluding hydrogens is 322 g/mol. The molecule has 0 N–H and O–H groups in total. The van der Waals surface area contributed by atoms with Gasteiger partial charge in [-0.2, -0.15) is 0 Å². The third kappa shape index (κ3) is 2.94. The van der Waals surface area contributed by atoms with E-state index in [2.05, 4.69) is 34.0 Å². The van der Waals surface area contributed by atoms with Crippen molar-refractivity contribution in [1.82, 2.24) is 4.90 Å². The van der Waals surface area contributed by atoms with E-state index in [4.69, 9.17) is 14.2 Å². The summed E-state index contributed by atoms with van der Waals surface area (Å²) in [6.07, 6.45) is 3.11. The first-order chi connectivity index (χ1) is 9.60. The normalized spacial score (nSPS) is 19.4. The lowest BCUT2D eigenvalue weighted by Crippen LogP contribution is -2.30. The van der Waals surface area contributed by atoms with Gasteiger partial charge in [0, 0.05) is 18.7 Å². The number of hydrogen-bond acceptors (Lipinski definition) is 4. The van der Waals surface area contributed by atoms with Crippen molar-refractivity contribution in [3.63, 3.8) is 0 Å². The fourth-order valence-electron chi connectivity index (χ4n) is 2.32. The van der Waals surface area contributed by atoms with Crippen LogP contribution in [-0.4, -0.2) is 44.8 Å². The molecule has 0 aliphatic carbocycles. The maximum absolute atomic E-state index is 5.52. The van der Waals surface area contributed by atoms with Gasteiger partial charge in [-0.05, 0) is 19.0 Å². The first-order valence-corrected chi connectivity index (χ1v) is 7.36. The second kappa shape index (κ2) is 6.50. The van der Waals surface area contributed by atoms with Gasteiger partial charge < -0.3 is 14.2 Å². The summed E-state index contributed by atoms with van der Waals surface area (Å²) in [5, 5.41) is 0. The molecule has 0 bridgehead atoms. The molecule has 0 radical (unpaired) electrons. The molecule has 5 heteroatoms. The molecule has 1 aromatic carbocycles. The summed E-state index contributed by atoms with van der Waals surface area (Å²) in [5.74, 6) is 2.28. The number of rotatable bonds is 4. The zero-order chi connectivity index (χ0) is 14.7. The molecule has 1 atom stereocenters. The van der Waals surface area contributed by atoms with Crippen molar-refractivity contribution in [2.24, 2.45) is 0 Å². The van der Waals surface area contributed by atoms with Crippen LogP contribution in [0.4, 0.5) is 0 Å². The molecule has 4 nitrogen and oxygen atoms in total. The Morgan fingerprint density at radius 3 is 2.15 bits per heavy atom. The van der Waals surface area contributed by atoms with Crippen molar-refractivity contribution in [3.8, 4) is 17.2 Å². The highest BCUT2D eigenvalue weighted by Gasteiger charge is 2.23. The topological polar surface area (TPSA) is 30.9 Å². The highest BCUT2D eigenvalue weighted by molar-refractivity contribution is 9.09. The first kappa shape index (κ1) is 15.2. The largest absolute Gasteiger partial charge is 0.496 e. The lowest BCUT2D eigenvalue weighted by atomic mass is 9.97. The summed E-state index contributed by atoms with van der Waals surface area (Å²) < 4.78 is 16.3. The monoisotopic (exact) mass is 341 g/mol. The van der Waals surface area contributed by atoms with Crippen LogP contribution < -0.4 is 14.2 Å². The molecule has 0 spiro atoms. The Kier molecular flexibility index (Phi) is 4.94. The zero-order valence-corrected chi connectivity index (χ0v) is 13.9. The molecule has 0 fully saturated rings. The lowest BCUT2D eigenvalue weighted by molar-refractivity contribution is 0.343. The second-order valence-corrected chi connectivity index (χ2v) is 5.77. The van der Waals surface area contributed by atoms with Crippen LogP contribution in [-0.2, 0) is 0 Å². The van der Waals surface area contributed by atoms with Crippen molar-refractivity contribution in [1.29, 1.82) is 0 Å². The fraction of sp³-hybridized carbons (Fsp3) is 0.467. The van der Waals surface area contributed by atoms with Gasteiger partial charge in [0.1, 0.15) is 17.2 Å². The van der Waals surface area contributed by atoms with Gasteiger partial charge in [0.25, 0.3) is 0 Å². The van der Waals surface area contributed by atoms with Crippen molar-refractivity contribution in [2.45, 2.75) is 11.4 Å². The van der Waals surface area contributed by atoms with Crippen LogP contribution in [0.5, 0.6) is 17.2 Å². The molecule has 1 aliphatic heterocycles. The van der Waals surface area contributed by atoms with E-state index in [0.717, 1.165) is 35.8 Å². The van der Waals surface area contributed by atoms with Gasteiger partial charge in [-0.25, -0.2) is 0 Å². The van der Waals surface area contributed by atoms with Gasteiger partial charge in [-0.1, -0.05) is 22.0 Å². The van der Waals surface area contributed by atoms with Crippen molar-refractivity contribution < 1.29 is 14.2 Å². The number of halogens is 1. The quantitative estimate of drug-likeness (QED) is 0.621. The molecule has 0 amide bonds. The van der Waals surface area contributed by atoms with Crippen molar-refractivity contribution in [2.75, 3.05) is 34.9 Å². The van der Waals surface area contributed by atoms with E-state index in [1.807, 2.05) is 12.1 Å². The predicted octanol–water partition coefficient (Wildman–Crippen LogP) is 3.15. The molecule has 1 aromatic rings. The Hall–Kier alpha value is -1.20. The van der Waals surface area contributed by atoms with Gasteiger partial charge in [0.2, 0.25) is 0 Å². The van der Waals surface area contributed by atoms with Crippen LogP contribution in [0.3, 0.4) is 0 Å². The minimum atomic E-state index is 0.319. The smallest absolute Gasteiger partial charge is 0.133 e. The molecule has 0 saturated heterocycles. The van der Waals surface area contributed by atoms with E-state index in [1.54, 1.807) is 21.3 Å². The zero-order valence-electron chi connectivity index (χ0n) is 12.3. The van der Waals surface area contributed by atoms with Gasteiger partial charge in [-0.3, -0.25) is 4.90 Å². The number of alkyl halides is 1. The minimum Gasteiger partial charge on any atom is -0.496 e. The molecular formula is C15H20BrNO3. The SMILES string of the molecule is COc1cc(OC)c(C2=CCN(C)C(Br)C2)c(OC)c1. The predicted molar refractivity (Wildman–Crippen MR) is 84.0 cm³/mol. The van der Waals surface area contributed by atoms with Crippen LogP contribution in [0.25, 0.3) is 5.57 Å². The average molecular weight is 342 g/mol. The summed E-state index contributed by atoms with van der Waals surface area (Å²) in [6.45, 7) is 0.892. The number of methoxy groups -OCH3 is 3. The van der Waals surface area contributed by atoms with Crippen molar-refractivity contribution >= 4 is 21.5 Å². The summed E-state index contributed by atoms with van der Waals surface area (Å²) in [5.41, 5.74) is 2.23. The molecule has 1 heterocycles. The number of likely N-dealkylation sites (N-methyl/N-ethyl adjacent to an activating group) is 1. The third-order valence-corrected chi connectivity index (χ3v) is 4.55. The molecule has 110 valence electrons. The van der Waals surface area contributed by atoms with Gasteiger partial charge in [0.05, 0.1) is 31.8 Å². The number of nitrogens with zero attached hydrogens (tertiary/aromatic N) is 1. The van der Waals surface area contributed by atoms with E-state index in [9.17, 15) is 0 Å². The fourth-order valence-corrected chi connectivity index (χ4v) is 2.83. The minimum absolute atomic E-state index is 0.319. The molecule has 20 heavy (non-hydrogen) atoms. The number of benzene rings is 1. The van der Waals surface area contributed by atoms with Crippen LogP contribution in [0.1, 0.15) is 12.0 Å². The van der Waals surface area contributed by atoms with Crippen LogP contribution >= 0.6 is 15.9 Å².